The van der Waals surface area contributed by atoms with Gasteiger partial charge in [-0.3, -0.25) is 0 Å². The third-order valence-corrected chi connectivity index (χ3v) is 3.51. The molecule has 0 saturated heterocycles. The summed E-state index contributed by atoms with van der Waals surface area (Å²) in [4.78, 5) is 0.479. The summed E-state index contributed by atoms with van der Waals surface area (Å²) >= 11 is 1.06. The fourth-order valence-corrected chi connectivity index (χ4v) is 2.27. The van der Waals surface area contributed by atoms with Crippen LogP contribution in [0.3, 0.4) is 0 Å². The van der Waals surface area contributed by atoms with E-state index in [0.29, 0.717) is 16.4 Å². The standard InChI is InChI=1S/C14H14F3NO3S/c1-13(2,3)18(19)7-9-4-5-11(20-9)12-6-10(8-22-12)21-14(15,16)17/h4-8H,1-3H3. The van der Waals surface area contributed by atoms with E-state index in [-0.39, 0.29) is 5.75 Å². The minimum atomic E-state index is -4.73. The largest absolute Gasteiger partial charge is 0.623 e. The Balaban J connectivity index is 2.19. The van der Waals surface area contributed by atoms with Gasteiger partial charge in [0.2, 0.25) is 6.21 Å². The number of hydroxylamine groups is 1. The van der Waals surface area contributed by atoms with Crippen LogP contribution in [0.5, 0.6) is 5.75 Å². The van der Waals surface area contributed by atoms with Gasteiger partial charge in [-0.25, -0.2) is 4.74 Å². The fraction of sp³-hybridized carbons (Fsp3) is 0.357. The van der Waals surface area contributed by atoms with E-state index in [1.807, 2.05) is 0 Å². The summed E-state index contributed by atoms with van der Waals surface area (Å²) in [6, 6.07) is 4.40. The highest BCUT2D eigenvalue weighted by Crippen LogP contribution is 2.34. The molecule has 0 unspecified atom stereocenters. The molecule has 2 rings (SSSR count). The van der Waals surface area contributed by atoms with E-state index in [2.05, 4.69) is 4.74 Å². The minimum absolute atomic E-state index is 0.297. The Morgan fingerprint density at radius 2 is 1.95 bits per heavy atom. The zero-order valence-electron chi connectivity index (χ0n) is 12.1. The number of hydrogen-bond acceptors (Lipinski definition) is 4. The molecular weight excluding hydrogens is 319 g/mol. The highest BCUT2D eigenvalue weighted by molar-refractivity contribution is 7.13. The number of hydrogen-bond donors (Lipinski definition) is 0. The first kappa shape index (κ1) is 16.4. The molecule has 4 nitrogen and oxygen atoms in total. The molecule has 0 bridgehead atoms. The summed E-state index contributed by atoms with van der Waals surface area (Å²) < 4.78 is 46.4. The first-order chi connectivity index (χ1) is 10.0. The average Bonchev–Trinajstić information content (AvgIpc) is 2.94. The van der Waals surface area contributed by atoms with E-state index >= 15 is 0 Å². The molecule has 0 atom stereocenters. The lowest BCUT2D eigenvalue weighted by Gasteiger charge is -2.17. The molecule has 0 fully saturated rings. The molecule has 0 amide bonds. The second-order valence-electron chi connectivity index (χ2n) is 5.52. The summed E-state index contributed by atoms with van der Waals surface area (Å²) in [5.74, 6) is 0.400. The fourth-order valence-electron chi connectivity index (χ4n) is 1.50. The lowest BCUT2D eigenvalue weighted by atomic mass is 10.1. The molecule has 120 valence electrons. The van der Waals surface area contributed by atoms with Crippen molar-refractivity contribution in [3.63, 3.8) is 0 Å². The molecule has 2 aromatic rings. The zero-order valence-corrected chi connectivity index (χ0v) is 12.9. The van der Waals surface area contributed by atoms with Gasteiger partial charge < -0.3 is 14.4 Å². The second kappa shape index (κ2) is 5.68. The summed E-state index contributed by atoms with van der Waals surface area (Å²) in [7, 11) is 0. The summed E-state index contributed by atoms with van der Waals surface area (Å²) in [5.41, 5.74) is -0.608. The number of thiophene rings is 1. The lowest BCUT2D eigenvalue weighted by molar-refractivity contribution is -0.530. The molecule has 22 heavy (non-hydrogen) atoms. The number of rotatable bonds is 3. The van der Waals surface area contributed by atoms with E-state index in [9.17, 15) is 18.4 Å². The molecule has 2 aromatic heterocycles. The van der Waals surface area contributed by atoms with E-state index in [1.165, 1.54) is 17.7 Å². The van der Waals surface area contributed by atoms with Crippen molar-refractivity contribution in [3.05, 3.63) is 34.5 Å². The van der Waals surface area contributed by atoms with E-state index < -0.39 is 11.9 Å². The van der Waals surface area contributed by atoms with Crippen LogP contribution in [0, 0.1) is 5.21 Å². The predicted molar refractivity (Wildman–Crippen MR) is 77.3 cm³/mol. The molecular formula is C14H14F3NO3S. The zero-order chi connectivity index (χ0) is 16.5. The van der Waals surface area contributed by atoms with Crippen molar-refractivity contribution in [3.8, 4) is 16.4 Å². The molecule has 8 heteroatoms. The number of halogens is 3. The summed E-state index contributed by atoms with van der Waals surface area (Å²) in [6.45, 7) is 5.25. The Morgan fingerprint density at radius 1 is 1.27 bits per heavy atom. The first-order valence-electron chi connectivity index (χ1n) is 6.30. The van der Waals surface area contributed by atoms with Crippen molar-refractivity contribution in [2.24, 2.45) is 0 Å². The number of ether oxygens (including phenoxy) is 1. The van der Waals surface area contributed by atoms with Gasteiger partial charge in [0.15, 0.2) is 11.3 Å². The van der Waals surface area contributed by atoms with Crippen LogP contribution in [0.15, 0.2) is 28.0 Å². The van der Waals surface area contributed by atoms with Gasteiger partial charge in [0, 0.05) is 32.2 Å². The van der Waals surface area contributed by atoms with E-state index in [4.69, 9.17) is 4.42 Å². The van der Waals surface area contributed by atoms with Crippen molar-refractivity contribution in [2.75, 3.05) is 0 Å². The Kier molecular flexibility index (Phi) is 4.23. The van der Waals surface area contributed by atoms with Crippen molar-refractivity contribution < 1.29 is 27.1 Å². The Labute approximate surface area is 129 Å². The predicted octanol–water partition coefficient (Wildman–Crippen LogP) is 4.63. The van der Waals surface area contributed by atoms with E-state index in [1.54, 1.807) is 32.9 Å². The van der Waals surface area contributed by atoms with Gasteiger partial charge in [0.05, 0.1) is 4.88 Å². The van der Waals surface area contributed by atoms with Crippen molar-refractivity contribution >= 4 is 17.6 Å². The highest BCUT2D eigenvalue weighted by Gasteiger charge is 2.31. The van der Waals surface area contributed by atoms with Crippen LogP contribution < -0.4 is 4.74 Å². The number of nitrogens with zero attached hydrogens (tertiary/aromatic N) is 1. The Morgan fingerprint density at radius 3 is 2.55 bits per heavy atom. The van der Waals surface area contributed by atoms with Crippen molar-refractivity contribution in [1.29, 1.82) is 0 Å². The number of alkyl halides is 3. The van der Waals surface area contributed by atoms with E-state index in [0.717, 1.165) is 16.1 Å². The molecule has 0 N–H and O–H groups in total. The molecule has 0 radical (unpaired) electrons. The van der Waals surface area contributed by atoms with Gasteiger partial charge in [0.1, 0.15) is 11.5 Å². The van der Waals surface area contributed by atoms with Gasteiger partial charge in [-0.2, -0.15) is 0 Å². The quantitative estimate of drug-likeness (QED) is 0.356. The maximum Gasteiger partial charge on any atom is 0.573 e. The van der Waals surface area contributed by atoms with Gasteiger partial charge in [-0.05, 0) is 12.1 Å². The van der Waals surface area contributed by atoms with Crippen LogP contribution in [0.2, 0.25) is 0 Å². The molecule has 0 spiro atoms. The maximum absolute atomic E-state index is 12.1. The maximum atomic E-state index is 12.1. The van der Waals surface area contributed by atoms with Gasteiger partial charge in [-0.15, -0.1) is 24.5 Å². The molecule has 0 aliphatic heterocycles. The summed E-state index contributed by atoms with van der Waals surface area (Å²) in [6.07, 6.45) is -3.43. The van der Waals surface area contributed by atoms with Crippen LogP contribution in [0.4, 0.5) is 13.2 Å². The molecule has 0 aliphatic rings. The van der Waals surface area contributed by atoms with Crippen LogP contribution in [0.25, 0.3) is 10.6 Å². The van der Waals surface area contributed by atoms with Gasteiger partial charge in [-0.1, -0.05) is 0 Å². The van der Waals surface area contributed by atoms with Crippen LogP contribution in [0.1, 0.15) is 26.5 Å². The normalized spacial score (nSPS) is 13.5. The van der Waals surface area contributed by atoms with Gasteiger partial charge in [0.25, 0.3) is 0 Å². The molecule has 0 saturated carbocycles. The third-order valence-electron chi connectivity index (χ3n) is 2.58. The average molecular weight is 333 g/mol. The monoisotopic (exact) mass is 333 g/mol. The van der Waals surface area contributed by atoms with Crippen LogP contribution in [-0.4, -0.2) is 22.9 Å². The summed E-state index contributed by atoms with van der Waals surface area (Å²) in [5, 5.41) is 13.0. The topological polar surface area (TPSA) is 48.4 Å². The number of furan rings is 1. The molecule has 2 heterocycles. The lowest BCUT2D eigenvalue weighted by Crippen LogP contribution is -2.29. The van der Waals surface area contributed by atoms with Crippen LogP contribution >= 0.6 is 11.3 Å². The van der Waals surface area contributed by atoms with Crippen molar-refractivity contribution in [2.45, 2.75) is 32.7 Å². The minimum Gasteiger partial charge on any atom is -0.623 e. The smallest absolute Gasteiger partial charge is 0.573 e. The molecule has 0 aliphatic carbocycles. The Hall–Kier alpha value is -1.96. The third kappa shape index (κ3) is 4.27. The first-order valence-corrected chi connectivity index (χ1v) is 7.18. The van der Waals surface area contributed by atoms with Crippen LogP contribution in [-0.2, 0) is 0 Å². The Bertz CT molecular complexity index is 680. The second-order valence-corrected chi connectivity index (χ2v) is 6.43. The highest BCUT2D eigenvalue weighted by atomic mass is 32.1. The van der Waals surface area contributed by atoms with Gasteiger partial charge >= 0.3 is 6.36 Å². The SMILES string of the molecule is CC(C)(C)[N+]([O-])=Cc1ccc(-c2cc(OC(F)(F)F)cs2)o1. The molecule has 0 aromatic carbocycles. The van der Waals surface area contributed by atoms with Crippen molar-refractivity contribution in [1.82, 2.24) is 0 Å².